The van der Waals surface area contributed by atoms with Crippen LogP contribution in [0.25, 0.3) is 0 Å². The van der Waals surface area contributed by atoms with Crippen molar-refractivity contribution in [2.45, 2.75) is 18.2 Å². The van der Waals surface area contributed by atoms with Crippen LogP contribution < -0.4 is 0 Å². The Balaban J connectivity index is 3.22. The largest absolute Gasteiger partial charge is 0.480 e. The number of aliphatic carboxylic acids is 1. The molecule has 0 atom stereocenters. The zero-order valence-corrected chi connectivity index (χ0v) is 12.3. The highest BCUT2D eigenvalue weighted by atomic mass is 35.5. The highest BCUT2D eigenvalue weighted by molar-refractivity contribution is 7.89. The van der Waals surface area contributed by atoms with Gasteiger partial charge in [-0.05, 0) is 24.6 Å². The molecule has 0 heterocycles. The van der Waals surface area contributed by atoms with Crippen molar-refractivity contribution < 1.29 is 18.3 Å². The van der Waals surface area contributed by atoms with E-state index in [1.54, 1.807) is 6.92 Å². The molecule has 1 N–H and O–H groups in total. The smallest absolute Gasteiger partial charge is 0.318 e. The van der Waals surface area contributed by atoms with Crippen LogP contribution >= 0.6 is 11.6 Å². The molecule has 6 nitrogen and oxygen atoms in total. The number of sulfonamides is 1. The molecule has 0 unspecified atom stereocenters. The second-order valence-corrected chi connectivity index (χ2v) is 6.33. The van der Waals surface area contributed by atoms with Gasteiger partial charge >= 0.3 is 5.97 Å². The van der Waals surface area contributed by atoms with Crippen molar-refractivity contribution in [2.24, 2.45) is 0 Å². The molecule has 1 aromatic rings. The average Bonchev–Trinajstić information content (AvgIpc) is 2.37. The number of carbonyl (C=O) groups is 1. The van der Waals surface area contributed by atoms with Crippen LogP contribution in [0.5, 0.6) is 0 Å². The van der Waals surface area contributed by atoms with Gasteiger partial charge in [-0.1, -0.05) is 18.5 Å². The van der Waals surface area contributed by atoms with E-state index in [1.165, 1.54) is 12.1 Å². The normalized spacial score (nSPS) is 11.3. The van der Waals surface area contributed by atoms with Crippen LogP contribution in [0.4, 0.5) is 0 Å². The Bertz CT molecular complexity index is 652. The van der Waals surface area contributed by atoms with E-state index >= 15 is 0 Å². The summed E-state index contributed by atoms with van der Waals surface area (Å²) < 4.78 is 25.5. The Labute approximate surface area is 122 Å². The molecule has 0 fully saturated rings. The molecule has 0 saturated carbocycles. The zero-order chi connectivity index (χ0) is 15.3. The van der Waals surface area contributed by atoms with Crippen molar-refractivity contribution >= 4 is 27.6 Å². The third-order valence-electron chi connectivity index (χ3n) is 2.48. The molecule has 20 heavy (non-hydrogen) atoms. The molecule has 108 valence electrons. The highest BCUT2D eigenvalue weighted by Gasteiger charge is 2.26. The second kappa shape index (κ2) is 6.70. The van der Waals surface area contributed by atoms with Gasteiger partial charge in [-0.25, -0.2) is 8.42 Å². The molecule has 8 heteroatoms. The van der Waals surface area contributed by atoms with Crippen LogP contribution in [0.3, 0.4) is 0 Å². The van der Waals surface area contributed by atoms with Crippen molar-refractivity contribution in [3.8, 4) is 6.07 Å². The second-order valence-electron chi connectivity index (χ2n) is 3.99. The number of carboxylic acid groups (broad SMARTS) is 1. The Morgan fingerprint density at radius 1 is 1.50 bits per heavy atom. The van der Waals surface area contributed by atoms with Gasteiger partial charge in [-0.3, -0.25) is 4.79 Å². The van der Waals surface area contributed by atoms with E-state index in [4.69, 9.17) is 22.0 Å². The van der Waals surface area contributed by atoms with E-state index in [2.05, 4.69) is 0 Å². The number of nitrogens with zero attached hydrogens (tertiary/aromatic N) is 2. The highest BCUT2D eigenvalue weighted by Crippen LogP contribution is 2.23. The fourth-order valence-electron chi connectivity index (χ4n) is 1.58. The number of nitriles is 1. The van der Waals surface area contributed by atoms with Crippen molar-refractivity contribution in [1.29, 1.82) is 5.26 Å². The van der Waals surface area contributed by atoms with Crippen LogP contribution in [0.2, 0.25) is 5.02 Å². The number of carboxylic acids is 1. The maximum absolute atomic E-state index is 12.3. The first-order chi connectivity index (χ1) is 9.32. The van der Waals surface area contributed by atoms with E-state index in [0.717, 1.165) is 10.4 Å². The molecule has 0 radical (unpaired) electrons. The minimum atomic E-state index is -3.95. The summed E-state index contributed by atoms with van der Waals surface area (Å²) in [6, 6.07) is 5.51. The maximum atomic E-state index is 12.3. The molecular weight excluding hydrogens is 304 g/mol. The van der Waals surface area contributed by atoms with Gasteiger partial charge in [0.25, 0.3) is 0 Å². The molecule has 1 aromatic carbocycles. The van der Waals surface area contributed by atoms with Crippen molar-refractivity contribution in [1.82, 2.24) is 4.31 Å². The monoisotopic (exact) mass is 316 g/mol. The third-order valence-corrected chi connectivity index (χ3v) is 4.64. The van der Waals surface area contributed by atoms with Gasteiger partial charge in [-0.2, -0.15) is 9.57 Å². The quantitative estimate of drug-likeness (QED) is 0.861. The van der Waals surface area contributed by atoms with Crippen LogP contribution in [-0.2, 0) is 14.8 Å². The standard InChI is InChI=1S/C12H13ClN2O4S/c1-2-5-15(8-12(16)17)20(18,19)10-4-3-9(7-14)11(13)6-10/h3-4,6H,2,5,8H2,1H3,(H,16,17). The Kier molecular flexibility index (Phi) is 5.51. The molecule has 0 aliphatic carbocycles. The summed E-state index contributed by atoms with van der Waals surface area (Å²) in [7, 11) is -3.95. The summed E-state index contributed by atoms with van der Waals surface area (Å²) in [5.41, 5.74) is 0.158. The SMILES string of the molecule is CCCN(CC(=O)O)S(=O)(=O)c1ccc(C#N)c(Cl)c1. The van der Waals surface area contributed by atoms with Crippen molar-refractivity contribution in [2.75, 3.05) is 13.1 Å². The van der Waals surface area contributed by atoms with Gasteiger partial charge in [-0.15, -0.1) is 0 Å². The van der Waals surface area contributed by atoms with Crippen molar-refractivity contribution in [3.63, 3.8) is 0 Å². The number of benzene rings is 1. The maximum Gasteiger partial charge on any atom is 0.318 e. The predicted octanol–water partition coefficient (Wildman–Crippen LogP) is 1.70. The number of halogens is 1. The average molecular weight is 317 g/mol. The van der Waals surface area contributed by atoms with Gasteiger partial charge in [0, 0.05) is 6.54 Å². The van der Waals surface area contributed by atoms with Crippen molar-refractivity contribution in [3.05, 3.63) is 28.8 Å². The summed E-state index contributed by atoms with van der Waals surface area (Å²) >= 11 is 5.80. The summed E-state index contributed by atoms with van der Waals surface area (Å²) in [4.78, 5) is 10.6. The summed E-state index contributed by atoms with van der Waals surface area (Å²) in [6.07, 6.45) is 0.483. The van der Waals surface area contributed by atoms with Crippen LogP contribution in [-0.4, -0.2) is 36.9 Å². The van der Waals surface area contributed by atoms with Gasteiger partial charge in [0.15, 0.2) is 0 Å². The lowest BCUT2D eigenvalue weighted by Crippen LogP contribution is -2.36. The van der Waals surface area contributed by atoms with Gasteiger partial charge < -0.3 is 5.11 Å². The zero-order valence-electron chi connectivity index (χ0n) is 10.7. The topological polar surface area (TPSA) is 98.5 Å². The van der Waals surface area contributed by atoms with E-state index in [1.807, 2.05) is 6.07 Å². The first-order valence-corrected chi connectivity index (χ1v) is 7.56. The fraction of sp³-hybridized carbons (Fsp3) is 0.333. The number of rotatable bonds is 6. The van der Waals surface area contributed by atoms with E-state index < -0.39 is 22.5 Å². The Morgan fingerprint density at radius 3 is 2.60 bits per heavy atom. The number of hydrogen-bond donors (Lipinski definition) is 1. The Hall–Kier alpha value is -1.62. The molecule has 0 aromatic heterocycles. The first kappa shape index (κ1) is 16.4. The lowest BCUT2D eigenvalue weighted by Gasteiger charge is -2.19. The van der Waals surface area contributed by atoms with Crippen LogP contribution in [0, 0.1) is 11.3 Å². The lowest BCUT2D eigenvalue weighted by atomic mass is 10.2. The van der Waals surface area contributed by atoms with Gasteiger partial charge in [0.2, 0.25) is 10.0 Å². The van der Waals surface area contributed by atoms with E-state index in [9.17, 15) is 13.2 Å². The number of hydrogen-bond acceptors (Lipinski definition) is 4. The minimum absolute atomic E-state index is 0.0142. The molecule has 0 bridgehead atoms. The molecule has 0 aliphatic heterocycles. The first-order valence-electron chi connectivity index (χ1n) is 5.74. The van der Waals surface area contributed by atoms with Crippen LogP contribution in [0.15, 0.2) is 23.1 Å². The third kappa shape index (κ3) is 3.70. The molecular formula is C12H13ClN2O4S. The summed E-state index contributed by atoms with van der Waals surface area (Å²) in [6.45, 7) is 1.22. The summed E-state index contributed by atoms with van der Waals surface area (Å²) in [5, 5.41) is 17.5. The molecule has 0 spiro atoms. The van der Waals surface area contributed by atoms with Gasteiger partial charge in [0.05, 0.1) is 15.5 Å². The molecule has 1 rings (SSSR count). The molecule has 0 amide bonds. The lowest BCUT2D eigenvalue weighted by molar-refractivity contribution is -0.137. The Morgan fingerprint density at radius 2 is 2.15 bits per heavy atom. The molecule has 0 saturated heterocycles. The van der Waals surface area contributed by atoms with Crippen LogP contribution in [0.1, 0.15) is 18.9 Å². The fourth-order valence-corrected chi connectivity index (χ4v) is 3.38. The predicted molar refractivity (Wildman–Crippen MR) is 72.9 cm³/mol. The molecule has 0 aliphatic rings. The van der Waals surface area contributed by atoms with Gasteiger partial charge in [0.1, 0.15) is 12.6 Å². The van der Waals surface area contributed by atoms with E-state index in [0.29, 0.717) is 6.42 Å². The summed E-state index contributed by atoms with van der Waals surface area (Å²) in [5.74, 6) is -1.23. The minimum Gasteiger partial charge on any atom is -0.480 e. The van der Waals surface area contributed by atoms with E-state index in [-0.39, 0.29) is 22.0 Å².